The Balaban J connectivity index is 2.16. The van der Waals surface area contributed by atoms with E-state index in [0.29, 0.717) is 6.04 Å². The summed E-state index contributed by atoms with van der Waals surface area (Å²) in [6.07, 6.45) is 5.95. The summed E-state index contributed by atoms with van der Waals surface area (Å²) < 4.78 is 0. The van der Waals surface area contributed by atoms with Crippen molar-refractivity contribution in [3.8, 4) is 0 Å². The fourth-order valence-electron chi connectivity index (χ4n) is 2.45. The number of hydrogen-bond acceptors (Lipinski definition) is 4. The highest BCUT2D eigenvalue weighted by molar-refractivity contribution is 7.13. The van der Waals surface area contributed by atoms with Crippen molar-refractivity contribution in [2.24, 2.45) is 0 Å². The first kappa shape index (κ1) is 12.8. The second-order valence-electron chi connectivity index (χ2n) is 4.84. The number of aliphatic hydroxyl groups is 1. The summed E-state index contributed by atoms with van der Waals surface area (Å²) in [5.74, 6) is 0. The molecule has 0 saturated carbocycles. The number of rotatable bonds is 3. The Kier molecular flexibility index (Phi) is 4.40. The molecule has 2 unspecified atom stereocenters. The zero-order valence-corrected chi connectivity index (χ0v) is 11.5. The highest BCUT2D eigenvalue weighted by atomic mass is 32.1. The summed E-state index contributed by atoms with van der Waals surface area (Å²) in [5, 5.41) is 12.6. The minimum Gasteiger partial charge on any atom is -0.387 e. The zero-order valence-electron chi connectivity index (χ0n) is 10.7. The minimum atomic E-state index is -0.452. The van der Waals surface area contributed by atoms with Crippen LogP contribution in [0.25, 0.3) is 0 Å². The quantitative estimate of drug-likeness (QED) is 0.898. The van der Waals surface area contributed by atoms with Crippen molar-refractivity contribution in [2.75, 3.05) is 11.4 Å². The maximum Gasteiger partial charge on any atom is 0.185 e. The van der Waals surface area contributed by atoms with Gasteiger partial charge in [-0.15, -0.1) is 11.3 Å². The third-order valence-electron chi connectivity index (χ3n) is 3.53. The first-order valence-electron chi connectivity index (χ1n) is 6.62. The van der Waals surface area contributed by atoms with Crippen molar-refractivity contribution >= 4 is 16.5 Å². The number of nitrogens with zero attached hydrogens (tertiary/aromatic N) is 2. The average molecular weight is 254 g/mol. The second kappa shape index (κ2) is 5.83. The molecule has 96 valence electrons. The molecule has 2 rings (SSSR count). The molecule has 2 heterocycles. The third kappa shape index (κ3) is 2.99. The molecule has 1 fully saturated rings. The average Bonchev–Trinajstić information content (AvgIpc) is 2.68. The number of hydrogen-bond donors (Lipinski definition) is 1. The second-order valence-corrected chi connectivity index (χ2v) is 5.67. The standard InChI is InChI=1S/C13H22N2OS/c1-3-11-7-5-4-6-8-15(11)13-14-12(9-17-13)10(2)16/h9-11,16H,3-8H2,1-2H3. The molecule has 1 N–H and O–H groups in total. The lowest BCUT2D eigenvalue weighted by Crippen LogP contribution is -2.34. The number of aliphatic hydroxyl groups excluding tert-OH is 1. The highest BCUT2D eigenvalue weighted by Gasteiger charge is 2.22. The molecule has 1 aliphatic rings. The van der Waals surface area contributed by atoms with Gasteiger partial charge in [-0.05, 0) is 26.2 Å². The SMILES string of the molecule is CCC1CCCCCN1c1nc(C(C)O)cs1. The lowest BCUT2D eigenvalue weighted by molar-refractivity contribution is 0.195. The van der Waals surface area contributed by atoms with Crippen LogP contribution in [0.15, 0.2) is 5.38 Å². The third-order valence-corrected chi connectivity index (χ3v) is 4.43. The smallest absolute Gasteiger partial charge is 0.185 e. The van der Waals surface area contributed by atoms with Crippen molar-refractivity contribution in [3.05, 3.63) is 11.1 Å². The van der Waals surface area contributed by atoms with Gasteiger partial charge < -0.3 is 10.0 Å². The molecule has 0 amide bonds. The van der Waals surface area contributed by atoms with Crippen molar-refractivity contribution in [1.82, 2.24) is 4.98 Å². The molecule has 1 aromatic rings. The van der Waals surface area contributed by atoms with Gasteiger partial charge >= 0.3 is 0 Å². The molecule has 0 aliphatic carbocycles. The van der Waals surface area contributed by atoms with Crippen LogP contribution < -0.4 is 4.90 Å². The molecule has 2 atom stereocenters. The van der Waals surface area contributed by atoms with Crippen LogP contribution in [0.4, 0.5) is 5.13 Å². The van der Waals surface area contributed by atoms with Crippen LogP contribution in [0.1, 0.15) is 57.7 Å². The van der Waals surface area contributed by atoms with E-state index in [-0.39, 0.29) is 0 Å². The minimum absolute atomic E-state index is 0.452. The lowest BCUT2D eigenvalue weighted by Gasteiger charge is -2.28. The monoisotopic (exact) mass is 254 g/mol. The topological polar surface area (TPSA) is 36.4 Å². The first-order valence-corrected chi connectivity index (χ1v) is 7.50. The molecular formula is C13H22N2OS. The van der Waals surface area contributed by atoms with Crippen LogP contribution in [0.2, 0.25) is 0 Å². The van der Waals surface area contributed by atoms with Gasteiger partial charge in [-0.3, -0.25) is 0 Å². The molecule has 1 aliphatic heterocycles. The van der Waals surface area contributed by atoms with E-state index in [4.69, 9.17) is 0 Å². The Labute approximate surface area is 107 Å². The summed E-state index contributed by atoms with van der Waals surface area (Å²) in [5.41, 5.74) is 0.809. The van der Waals surface area contributed by atoms with E-state index in [1.165, 1.54) is 32.1 Å². The van der Waals surface area contributed by atoms with Gasteiger partial charge in [0.25, 0.3) is 0 Å². The van der Waals surface area contributed by atoms with Crippen molar-refractivity contribution < 1.29 is 5.11 Å². The first-order chi connectivity index (χ1) is 8.22. The predicted octanol–water partition coefficient (Wildman–Crippen LogP) is 3.36. The van der Waals surface area contributed by atoms with Gasteiger partial charge in [0.1, 0.15) is 0 Å². The van der Waals surface area contributed by atoms with Gasteiger partial charge in [0.05, 0.1) is 11.8 Å². The molecule has 1 aromatic heterocycles. The Morgan fingerprint density at radius 2 is 2.35 bits per heavy atom. The molecule has 0 spiro atoms. The van der Waals surface area contributed by atoms with Crippen LogP contribution in [0.5, 0.6) is 0 Å². The molecule has 0 bridgehead atoms. The summed E-state index contributed by atoms with van der Waals surface area (Å²) in [6, 6.07) is 0.630. The molecule has 0 radical (unpaired) electrons. The van der Waals surface area contributed by atoms with Crippen LogP contribution in [-0.2, 0) is 0 Å². The number of anilines is 1. The van der Waals surface area contributed by atoms with Gasteiger partial charge in [0, 0.05) is 18.0 Å². The molecule has 1 saturated heterocycles. The lowest BCUT2D eigenvalue weighted by atomic mass is 10.1. The fourth-order valence-corrected chi connectivity index (χ4v) is 3.46. The normalized spacial score (nSPS) is 23.5. The van der Waals surface area contributed by atoms with E-state index >= 15 is 0 Å². The van der Waals surface area contributed by atoms with Crippen LogP contribution >= 0.6 is 11.3 Å². The van der Waals surface area contributed by atoms with Crippen molar-refractivity contribution in [3.63, 3.8) is 0 Å². The largest absolute Gasteiger partial charge is 0.387 e. The van der Waals surface area contributed by atoms with Gasteiger partial charge in [-0.2, -0.15) is 0 Å². The van der Waals surface area contributed by atoms with Gasteiger partial charge in [0.15, 0.2) is 5.13 Å². The van der Waals surface area contributed by atoms with Crippen LogP contribution in [0, 0.1) is 0 Å². The summed E-state index contributed by atoms with van der Waals surface area (Å²) >= 11 is 1.67. The molecule has 0 aromatic carbocycles. The molecule has 3 nitrogen and oxygen atoms in total. The number of aromatic nitrogens is 1. The van der Waals surface area contributed by atoms with E-state index in [1.807, 2.05) is 5.38 Å². The van der Waals surface area contributed by atoms with E-state index < -0.39 is 6.10 Å². The van der Waals surface area contributed by atoms with E-state index in [0.717, 1.165) is 17.4 Å². The Bertz CT molecular complexity index is 351. The van der Waals surface area contributed by atoms with E-state index in [9.17, 15) is 5.11 Å². The zero-order chi connectivity index (χ0) is 12.3. The molecule has 17 heavy (non-hydrogen) atoms. The maximum absolute atomic E-state index is 9.54. The van der Waals surface area contributed by atoms with E-state index in [2.05, 4.69) is 16.8 Å². The van der Waals surface area contributed by atoms with Crippen LogP contribution in [0.3, 0.4) is 0 Å². The Morgan fingerprint density at radius 1 is 1.53 bits per heavy atom. The maximum atomic E-state index is 9.54. The Morgan fingerprint density at radius 3 is 3.00 bits per heavy atom. The summed E-state index contributed by atoms with van der Waals surface area (Å²) in [7, 11) is 0. The van der Waals surface area contributed by atoms with Gasteiger partial charge in [-0.25, -0.2) is 4.98 Å². The Hall–Kier alpha value is -0.610. The summed E-state index contributed by atoms with van der Waals surface area (Å²) in [6.45, 7) is 5.15. The highest BCUT2D eigenvalue weighted by Crippen LogP contribution is 2.30. The van der Waals surface area contributed by atoms with Gasteiger partial charge in [0.2, 0.25) is 0 Å². The van der Waals surface area contributed by atoms with Crippen molar-refractivity contribution in [1.29, 1.82) is 0 Å². The van der Waals surface area contributed by atoms with Crippen molar-refractivity contribution in [2.45, 2.75) is 58.1 Å². The van der Waals surface area contributed by atoms with Gasteiger partial charge in [-0.1, -0.05) is 19.8 Å². The number of thiazole rings is 1. The molecule has 4 heteroatoms. The van der Waals surface area contributed by atoms with E-state index in [1.54, 1.807) is 18.3 Å². The fraction of sp³-hybridized carbons (Fsp3) is 0.769. The molecular weight excluding hydrogens is 232 g/mol. The predicted molar refractivity (Wildman–Crippen MR) is 72.6 cm³/mol. The van der Waals surface area contributed by atoms with Crippen LogP contribution in [-0.4, -0.2) is 22.7 Å². The summed E-state index contributed by atoms with van der Waals surface area (Å²) in [4.78, 5) is 7.02.